The van der Waals surface area contributed by atoms with Gasteiger partial charge in [0.2, 0.25) is 10.0 Å². The lowest BCUT2D eigenvalue weighted by molar-refractivity contribution is 0.580. The predicted octanol–water partition coefficient (Wildman–Crippen LogP) is 0.342. The van der Waals surface area contributed by atoms with E-state index in [9.17, 15) is 8.42 Å². The van der Waals surface area contributed by atoms with Crippen LogP contribution < -0.4 is 10.5 Å². The molecule has 0 bridgehead atoms. The number of nitrogens with zero attached hydrogens (tertiary/aromatic N) is 2. The maximum Gasteiger partial charge on any atom is 0.242 e. The van der Waals surface area contributed by atoms with Gasteiger partial charge < -0.3 is 10.7 Å². The fraction of sp³-hybridized carbons (Fsp3) is 0.0909. The zero-order valence-electron chi connectivity index (χ0n) is 9.79. The summed E-state index contributed by atoms with van der Waals surface area (Å²) in [6, 6.07) is 5.89. The van der Waals surface area contributed by atoms with Crippen LogP contribution in [-0.4, -0.2) is 18.4 Å². The zero-order chi connectivity index (χ0) is 13.9. The van der Waals surface area contributed by atoms with Crippen molar-refractivity contribution in [1.82, 2.24) is 14.7 Å². The third-order valence-corrected chi connectivity index (χ3v) is 3.88. The quantitative estimate of drug-likeness (QED) is 0.695. The molecular formula is C11H11N5O2S. The maximum absolute atomic E-state index is 12.1. The molecule has 1 aromatic heterocycles. The van der Waals surface area contributed by atoms with Crippen molar-refractivity contribution < 1.29 is 8.42 Å². The number of aromatic nitrogens is 2. The first-order valence-electron chi connectivity index (χ1n) is 5.29. The lowest BCUT2D eigenvalue weighted by Gasteiger charge is -2.07. The molecule has 0 aliphatic heterocycles. The van der Waals surface area contributed by atoms with Gasteiger partial charge in [0.15, 0.2) is 0 Å². The Morgan fingerprint density at radius 1 is 1.47 bits per heavy atom. The summed E-state index contributed by atoms with van der Waals surface area (Å²) in [6.45, 7) is 0.0670. The van der Waals surface area contributed by atoms with Crippen molar-refractivity contribution in [2.75, 3.05) is 5.73 Å². The Hall–Kier alpha value is -2.37. The van der Waals surface area contributed by atoms with Gasteiger partial charge in [0.05, 0.1) is 23.3 Å². The molecule has 0 aliphatic carbocycles. The van der Waals surface area contributed by atoms with E-state index in [0.717, 1.165) is 0 Å². The highest BCUT2D eigenvalue weighted by Crippen LogP contribution is 2.18. The summed E-state index contributed by atoms with van der Waals surface area (Å²) >= 11 is 0. The summed E-state index contributed by atoms with van der Waals surface area (Å²) in [5, 5.41) is 8.94. The van der Waals surface area contributed by atoms with Crippen molar-refractivity contribution in [3.63, 3.8) is 0 Å². The van der Waals surface area contributed by atoms with E-state index < -0.39 is 10.0 Å². The number of anilines is 1. The minimum Gasteiger partial charge on any atom is -0.399 e. The van der Waals surface area contributed by atoms with Crippen LogP contribution in [0.25, 0.3) is 0 Å². The smallest absolute Gasteiger partial charge is 0.242 e. The summed E-state index contributed by atoms with van der Waals surface area (Å²) in [5.74, 6) is 0. The highest BCUT2D eigenvalue weighted by Gasteiger charge is 2.18. The zero-order valence-corrected chi connectivity index (χ0v) is 10.6. The van der Waals surface area contributed by atoms with E-state index in [0.29, 0.717) is 11.4 Å². The van der Waals surface area contributed by atoms with Crippen LogP contribution in [0.4, 0.5) is 5.69 Å². The van der Waals surface area contributed by atoms with Gasteiger partial charge in [-0.25, -0.2) is 18.1 Å². The summed E-state index contributed by atoms with van der Waals surface area (Å²) in [4.78, 5) is 6.46. The number of nitrogens with two attached hydrogens (primary N) is 1. The monoisotopic (exact) mass is 277 g/mol. The van der Waals surface area contributed by atoms with Crippen molar-refractivity contribution in [3.05, 3.63) is 42.0 Å². The van der Waals surface area contributed by atoms with Crippen molar-refractivity contribution in [2.45, 2.75) is 11.4 Å². The summed E-state index contributed by atoms with van der Waals surface area (Å²) in [6.07, 6.45) is 2.96. The summed E-state index contributed by atoms with van der Waals surface area (Å²) < 4.78 is 26.5. The Morgan fingerprint density at radius 3 is 2.89 bits per heavy atom. The van der Waals surface area contributed by atoms with Crippen molar-refractivity contribution in [1.29, 1.82) is 5.26 Å². The topological polar surface area (TPSA) is 125 Å². The summed E-state index contributed by atoms with van der Waals surface area (Å²) in [7, 11) is -3.77. The largest absolute Gasteiger partial charge is 0.399 e. The second-order valence-corrected chi connectivity index (χ2v) is 5.50. The molecule has 8 heteroatoms. The molecule has 0 fully saturated rings. The number of nitrogen functional groups attached to an aromatic ring is 1. The Balaban J connectivity index is 2.27. The lowest BCUT2D eigenvalue weighted by atomic mass is 10.2. The number of nitrogens with one attached hydrogen (secondary N) is 2. The second-order valence-electron chi connectivity index (χ2n) is 3.77. The first-order valence-corrected chi connectivity index (χ1v) is 6.78. The van der Waals surface area contributed by atoms with Crippen LogP contribution in [0.2, 0.25) is 0 Å². The van der Waals surface area contributed by atoms with Gasteiger partial charge in [-0.2, -0.15) is 5.26 Å². The van der Waals surface area contributed by atoms with Gasteiger partial charge in [-0.1, -0.05) is 0 Å². The molecule has 2 aromatic rings. The van der Waals surface area contributed by atoms with Crippen LogP contribution in [0.3, 0.4) is 0 Å². The number of aromatic amines is 1. The number of nitriles is 1. The molecule has 2 rings (SSSR count). The normalized spacial score (nSPS) is 11.1. The molecule has 1 heterocycles. The third kappa shape index (κ3) is 2.90. The van der Waals surface area contributed by atoms with E-state index in [4.69, 9.17) is 11.0 Å². The number of hydrogen-bond donors (Lipinski definition) is 3. The van der Waals surface area contributed by atoms with Gasteiger partial charge >= 0.3 is 0 Å². The molecule has 0 amide bonds. The molecule has 0 spiro atoms. The first kappa shape index (κ1) is 13.1. The number of H-pyrrole nitrogens is 1. The second kappa shape index (κ2) is 5.09. The standard InChI is InChI=1S/C11H11N5O2S/c12-4-8-3-9(13)1-2-11(8)19(17,18)16-6-10-5-14-7-15-10/h1-3,5,7,16H,6,13H2,(H,14,15). The number of hydrogen-bond acceptors (Lipinski definition) is 5. The molecule has 0 saturated carbocycles. The van der Waals surface area contributed by atoms with Crippen LogP contribution >= 0.6 is 0 Å². The average molecular weight is 277 g/mol. The molecule has 0 aliphatic rings. The van der Waals surface area contributed by atoms with E-state index in [-0.39, 0.29) is 17.0 Å². The molecule has 4 N–H and O–H groups in total. The highest BCUT2D eigenvalue weighted by molar-refractivity contribution is 7.89. The third-order valence-electron chi connectivity index (χ3n) is 2.42. The molecule has 0 unspecified atom stereocenters. The number of imidazole rings is 1. The first-order chi connectivity index (χ1) is 9.03. The van der Waals surface area contributed by atoms with Crippen LogP contribution in [0.15, 0.2) is 35.6 Å². The SMILES string of the molecule is N#Cc1cc(N)ccc1S(=O)(=O)NCc1cnc[nH]1. The number of benzene rings is 1. The van der Waals surface area contributed by atoms with Gasteiger partial charge in [-0.05, 0) is 18.2 Å². The molecule has 19 heavy (non-hydrogen) atoms. The molecule has 0 atom stereocenters. The van der Waals surface area contributed by atoms with Crippen LogP contribution in [0.5, 0.6) is 0 Å². The lowest BCUT2D eigenvalue weighted by Crippen LogP contribution is -2.24. The molecular weight excluding hydrogens is 266 g/mol. The van der Waals surface area contributed by atoms with Crippen molar-refractivity contribution in [3.8, 4) is 6.07 Å². The maximum atomic E-state index is 12.1. The van der Waals surface area contributed by atoms with Crippen LogP contribution in [0.1, 0.15) is 11.3 Å². The van der Waals surface area contributed by atoms with Crippen molar-refractivity contribution in [2.24, 2.45) is 0 Å². The van der Waals surface area contributed by atoms with Gasteiger partial charge in [0.1, 0.15) is 6.07 Å². The fourth-order valence-electron chi connectivity index (χ4n) is 1.50. The van der Waals surface area contributed by atoms with Gasteiger partial charge in [0.25, 0.3) is 0 Å². The molecule has 0 saturated heterocycles. The van der Waals surface area contributed by atoms with E-state index in [1.54, 1.807) is 0 Å². The average Bonchev–Trinajstić information content (AvgIpc) is 2.89. The highest BCUT2D eigenvalue weighted by atomic mass is 32.2. The molecule has 0 radical (unpaired) electrons. The van der Waals surface area contributed by atoms with E-state index in [1.807, 2.05) is 6.07 Å². The summed E-state index contributed by atoms with van der Waals surface area (Å²) in [5.41, 5.74) is 6.49. The number of rotatable bonds is 4. The predicted molar refractivity (Wildman–Crippen MR) is 68.2 cm³/mol. The van der Waals surface area contributed by atoms with E-state index >= 15 is 0 Å². The minimum atomic E-state index is -3.77. The minimum absolute atomic E-state index is 0.0112. The van der Waals surface area contributed by atoms with Gasteiger partial charge in [0, 0.05) is 17.6 Å². The molecule has 98 valence electrons. The van der Waals surface area contributed by atoms with Gasteiger partial charge in [-0.15, -0.1) is 0 Å². The van der Waals surface area contributed by atoms with E-state index in [2.05, 4.69) is 14.7 Å². The molecule has 1 aromatic carbocycles. The van der Waals surface area contributed by atoms with Crippen LogP contribution in [-0.2, 0) is 16.6 Å². The van der Waals surface area contributed by atoms with Crippen molar-refractivity contribution >= 4 is 15.7 Å². The van der Waals surface area contributed by atoms with Crippen LogP contribution in [0, 0.1) is 11.3 Å². The Morgan fingerprint density at radius 2 is 2.26 bits per heavy atom. The Bertz CT molecular complexity index is 716. The molecule has 7 nitrogen and oxygen atoms in total. The number of sulfonamides is 1. The fourth-order valence-corrected chi connectivity index (χ4v) is 2.64. The Labute approximate surface area is 110 Å². The van der Waals surface area contributed by atoms with Gasteiger partial charge in [-0.3, -0.25) is 0 Å². The Kier molecular flexibility index (Phi) is 3.50. The van der Waals surface area contributed by atoms with E-state index in [1.165, 1.54) is 30.7 Å².